The molecule has 0 atom stereocenters. The Balaban J connectivity index is 1.67. The Morgan fingerprint density at radius 3 is 2.77 bits per heavy atom. The third-order valence-electron chi connectivity index (χ3n) is 2.46. The lowest BCUT2D eigenvalue weighted by molar-refractivity contribution is 0.176. The minimum absolute atomic E-state index is 0.754. The van der Waals surface area contributed by atoms with Crippen LogP contribution in [0.2, 0.25) is 0 Å². The number of likely N-dealkylation sites (tertiary alicyclic amines) is 1. The van der Waals surface area contributed by atoms with E-state index in [1.165, 1.54) is 32.5 Å². The number of aromatic nitrogens is 2. The summed E-state index contributed by atoms with van der Waals surface area (Å²) in [6.07, 6.45) is 6.12. The Morgan fingerprint density at radius 2 is 2.23 bits per heavy atom. The molecule has 0 aromatic carbocycles. The van der Waals surface area contributed by atoms with Crippen LogP contribution in [0.1, 0.15) is 12.8 Å². The molecule has 0 amide bonds. The van der Waals surface area contributed by atoms with Crippen molar-refractivity contribution in [3.8, 4) is 0 Å². The van der Waals surface area contributed by atoms with Crippen LogP contribution in [-0.2, 0) is 6.54 Å². The summed E-state index contributed by atoms with van der Waals surface area (Å²) in [5.74, 6) is 0. The normalized spacial score (nSPS) is 17.2. The van der Waals surface area contributed by atoms with Gasteiger partial charge in [-0.15, -0.1) is 0 Å². The van der Waals surface area contributed by atoms with Crippen LogP contribution in [0.15, 0.2) is 12.4 Å². The molecule has 0 unspecified atom stereocenters. The summed E-state index contributed by atoms with van der Waals surface area (Å²) >= 11 is 0. The summed E-state index contributed by atoms with van der Waals surface area (Å²) in [6.45, 7) is 4.73. The largest absolute Gasteiger partial charge is 0.396 e. The lowest BCUT2D eigenvalue weighted by Gasteiger charge is -2.30. The molecule has 0 radical (unpaired) electrons. The van der Waals surface area contributed by atoms with Crippen molar-refractivity contribution < 1.29 is 0 Å². The van der Waals surface area contributed by atoms with Crippen molar-refractivity contribution in [1.29, 1.82) is 0 Å². The predicted octanol–water partition coefficient (Wildman–Crippen LogP) is 0.561. The zero-order valence-electron chi connectivity index (χ0n) is 7.82. The fraction of sp³-hybridized carbons (Fsp3) is 0.667. The smallest absolute Gasteiger partial charge is 0.0719 e. The van der Waals surface area contributed by atoms with Crippen molar-refractivity contribution in [1.82, 2.24) is 14.7 Å². The van der Waals surface area contributed by atoms with Crippen molar-refractivity contribution >= 4 is 5.69 Å². The van der Waals surface area contributed by atoms with Crippen molar-refractivity contribution in [2.24, 2.45) is 0 Å². The quantitative estimate of drug-likeness (QED) is 0.736. The number of anilines is 1. The molecule has 1 aliphatic rings. The van der Waals surface area contributed by atoms with Gasteiger partial charge >= 0.3 is 0 Å². The number of hydrogen-bond donors (Lipinski definition) is 1. The van der Waals surface area contributed by atoms with Gasteiger partial charge in [0.05, 0.1) is 11.9 Å². The molecule has 1 aliphatic heterocycles. The summed E-state index contributed by atoms with van der Waals surface area (Å²) < 4.78 is 1.91. The Labute approximate surface area is 78.3 Å². The lowest BCUT2D eigenvalue weighted by atomic mass is 10.2. The maximum Gasteiger partial charge on any atom is 0.0719 e. The molecule has 0 bridgehead atoms. The van der Waals surface area contributed by atoms with E-state index in [1.54, 1.807) is 6.20 Å². The number of hydrogen-bond acceptors (Lipinski definition) is 3. The van der Waals surface area contributed by atoms with Crippen LogP contribution in [0.4, 0.5) is 5.69 Å². The highest BCUT2D eigenvalue weighted by Gasteiger charge is 2.12. The predicted molar refractivity (Wildman–Crippen MR) is 52.3 cm³/mol. The zero-order valence-corrected chi connectivity index (χ0v) is 7.82. The van der Waals surface area contributed by atoms with Crippen molar-refractivity contribution in [3.63, 3.8) is 0 Å². The minimum atomic E-state index is 0.754. The SMILES string of the molecule is Nc1cnn(CCCN2CCC2)c1. The van der Waals surface area contributed by atoms with Gasteiger partial charge in [0.1, 0.15) is 0 Å². The fourth-order valence-corrected chi connectivity index (χ4v) is 1.56. The average Bonchev–Trinajstić information content (AvgIpc) is 2.42. The summed E-state index contributed by atoms with van der Waals surface area (Å²) in [5.41, 5.74) is 6.31. The van der Waals surface area contributed by atoms with Gasteiger partial charge < -0.3 is 10.6 Å². The molecule has 4 nitrogen and oxygen atoms in total. The standard InChI is InChI=1S/C9H16N4/c10-9-7-11-13(8-9)6-2-5-12-3-1-4-12/h7-8H,1-6,10H2. The Morgan fingerprint density at radius 1 is 1.38 bits per heavy atom. The van der Waals surface area contributed by atoms with Crippen LogP contribution in [0, 0.1) is 0 Å². The molecule has 2 rings (SSSR count). The van der Waals surface area contributed by atoms with Gasteiger partial charge in [-0.05, 0) is 32.5 Å². The molecule has 1 saturated heterocycles. The molecule has 0 spiro atoms. The Hall–Kier alpha value is -1.03. The molecule has 72 valence electrons. The van der Waals surface area contributed by atoms with Crippen molar-refractivity contribution in [3.05, 3.63) is 12.4 Å². The first kappa shape index (κ1) is 8.56. The second-order valence-electron chi connectivity index (χ2n) is 3.59. The first-order chi connectivity index (χ1) is 6.34. The maximum absolute atomic E-state index is 5.55. The molecule has 13 heavy (non-hydrogen) atoms. The number of nitrogens with zero attached hydrogens (tertiary/aromatic N) is 3. The first-order valence-electron chi connectivity index (χ1n) is 4.85. The first-order valence-corrected chi connectivity index (χ1v) is 4.85. The Bertz CT molecular complexity index is 264. The van der Waals surface area contributed by atoms with E-state index in [-0.39, 0.29) is 0 Å². The van der Waals surface area contributed by atoms with Gasteiger partial charge in [-0.25, -0.2) is 0 Å². The van der Waals surface area contributed by atoms with Gasteiger partial charge in [0, 0.05) is 12.7 Å². The Kier molecular flexibility index (Phi) is 2.49. The monoisotopic (exact) mass is 180 g/mol. The second kappa shape index (κ2) is 3.79. The molecule has 2 heterocycles. The summed E-state index contributed by atoms with van der Waals surface area (Å²) in [6, 6.07) is 0. The second-order valence-corrected chi connectivity index (χ2v) is 3.59. The molecule has 0 saturated carbocycles. The molecular weight excluding hydrogens is 164 g/mol. The zero-order chi connectivity index (χ0) is 9.10. The van der Waals surface area contributed by atoms with Gasteiger partial charge in [0.15, 0.2) is 0 Å². The van der Waals surface area contributed by atoms with E-state index in [4.69, 9.17) is 5.73 Å². The average molecular weight is 180 g/mol. The van der Waals surface area contributed by atoms with Gasteiger partial charge in [0.2, 0.25) is 0 Å². The molecule has 0 aliphatic carbocycles. The van der Waals surface area contributed by atoms with Crippen LogP contribution >= 0.6 is 0 Å². The molecule has 1 aromatic heterocycles. The van der Waals surface area contributed by atoms with Crippen molar-refractivity contribution in [2.75, 3.05) is 25.4 Å². The van der Waals surface area contributed by atoms with Crippen LogP contribution < -0.4 is 5.73 Å². The van der Waals surface area contributed by atoms with E-state index in [2.05, 4.69) is 10.00 Å². The summed E-state index contributed by atoms with van der Waals surface area (Å²) in [4.78, 5) is 2.47. The van der Waals surface area contributed by atoms with Gasteiger partial charge in [-0.3, -0.25) is 4.68 Å². The molecule has 1 aromatic rings. The highest BCUT2D eigenvalue weighted by atomic mass is 15.3. The molecule has 2 N–H and O–H groups in total. The van der Waals surface area contributed by atoms with Gasteiger partial charge in [0.25, 0.3) is 0 Å². The van der Waals surface area contributed by atoms with Gasteiger partial charge in [-0.2, -0.15) is 5.10 Å². The van der Waals surface area contributed by atoms with Crippen LogP contribution in [-0.4, -0.2) is 34.3 Å². The summed E-state index contributed by atoms with van der Waals surface area (Å²) in [5, 5.41) is 4.13. The topological polar surface area (TPSA) is 47.1 Å². The fourth-order valence-electron chi connectivity index (χ4n) is 1.56. The number of nitrogens with two attached hydrogens (primary N) is 1. The number of nitrogen functional groups attached to an aromatic ring is 1. The van der Waals surface area contributed by atoms with E-state index in [0.717, 1.165) is 12.2 Å². The van der Waals surface area contributed by atoms with Crippen LogP contribution in [0.3, 0.4) is 0 Å². The van der Waals surface area contributed by atoms with E-state index in [9.17, 15) is 0 Å². The summed E-state index contributed by atoms with van der Waals surface area (Å²) in [7, 11) is 0. The van der Waals surface area contributed by atoms with Gasteiger partial charge in [-0.1, -0.05) is 0 Å². The van der Waals surface area contributed by atoms with E-state index < -0.39 is 0 Å². The highest BCUT2D eigenvalue weighted by Crippen LogP contribution is 2.06. The van der Waals surface area contributed by atoms with Crippen molar-refractivity contribution in [2.45, 2.75) is 19.4 Å². The maximum atomic E-state index is 5.55. The van der Waals surface area contributed by atoms with E-state index >= 15 is 0 Å². The molecule has 4 heteroatoms. The van der Waals surface area contributed by atoms with E-state index in [0.29, 0.717) is 0 Å². The van der Waals surface area contributed by atoms with Crippen LogP contribution in [0.5, 0.6) is 0 Å². The van der Waals surface area contributed by atoms with E-state index in [1.807, 2.05) is 10.9 Å². The molecular formula is C9H16N4. The lowest BCUT2D eigenvalue weighted by Crippen LogP contribution is -2.38. The minimum Gasteiger partial charge on any atom is -0.396 e. The number of aryl methyl sites for hydroxylation is 1. The van der Waals surface area contributed by atoms with Crippen LogP contribution in [0.25, 0.3) is 0 Å². The number of rotatable bonds is 4. The third-order valence-corrected chi connectivity index (χ3v) is 2.46. The highest BCUT2D eigenvalue weighted by molar-refractivity contribution is 5.30. The third kappa shape index (κ3) is 2.21. The molecule has 1 fully saturated rings.